The van der Waals surface area contributed by atoms with Crippen LogP contribution in [0.4, 0.5) is 0 Å². The van der Waals surface area contributed by atoms with Gasteiger partial charge in [-0.25, -0.2) is 0 Å². The molecule has 0 aromatic heterocycles. The molecule has 0 saturated carbocycles. The highest BCUT2D eigenvalue weighted by molar-refractivity contribution is 7.90. The van der Waals surface area contributed by atoms with Gasteiger partial charge in [-0.15, -0.1) is 0 Å². The van der Waals surface area contributed by atoms with Crippen LogP contribution in [0.2, 0.25) is 0 Å². The van der Waals surface area contributed by atoms with Gasteiger partial charge < -0.3 is 0 Å². The second-order valence-electron chi connectivity index (χ2n) is 0.875. The zero-order valence-corrected chi connectivity index (χ0v) is 5.57. The van der Waals surface area contributed by atoms with E-state index in [-0.39, 0.29) is 0 Å². The number of hydrogen-bond acceptors (Lipinski definition) is 2. The van der Waals surface area contributed by atoms with Crippen molar-refractivity contribution in [3.05, 3.63) is 0 Å². The van der Waals surface area contributed by atoms with Gasteiger partial charge in [-0.1, -0.05) is 24.4 Å². The maximum Gasteiger partial charge on any atom is 0.178 e. The van der Waals surface area contributed by atoms with Gasteiger partial charge in [-0.2, -0.15) is 8.73 Å². The Morgan fingerprint density at radius 2 is 1.57 bits per heavy atom. The van der Waals surface area contributed by atoms with Crippen LogP contribution in [0.3, 0.4) is 0 Å². The van der Waals surface area contributed by atoms with Crippen LogP contribution < -0.4 is 0 Å². The van der Waals surface area contributed by atoms with Gasteiger partial charge >= 0.3 is 0 Å². The molecule has 0 atom stereocenters. The van der Waals surface area contributed by atoms with Crippen molar-refractivity contribution in [1.82, 2.24) is 0 Å². The van der Waals surface area contributed by atoms with Gasteiger partial charge in [0.1, 0.15) is 0 Å². The van der Waals surface area contributed by atoms with Gasteiger partial charge in [-0.3, -0.25) is 0 Å². The summed E-state index contributed by atoms with van der Waals surface area (Å²) in [6.45, 7) is 0. The molecule has 0 bridgehead atoms. The molecule has 0 saturated heterocycles. The van der Waals surface area contributed by atoms with Crippen LogP contribution in [0.1, 0.15) is 0 Å². The molecule has 0 aromatic rings. The van der Waals surface area contributed by atoms with E-state index in [1.807, 2.05) is 0 Å². The number of thiocarbonyl (C=S) groups is 2. The molecule has 1 rings (SSSR count). The lowest BCUT2D eigenvalue weighted by Crippen LogP contribution is -1.94. The van der Waals surface area contributed by atoms with Crippen LogP contribution in [0, 0.1) is 0 Å². The molecule has 7 heavy (non-hydrogen) atoms. The molecule has 5 heteroatoms. The first kappa shape index (κ1) is 5.14. The minimum atomic E-state index is 0.444. The van der Waals surface area contributed by atoms with Crippen molar-refractivity contribution in [3.8, 4) is 0 Å². The molecular weight excluding hydrogens is 148 g/mol. The smallest absolute Gasteiger partial charge is 0.160 e. The second-order valence-corrected chi connectivity index (χ2v) is 2.18. The Bertz CT molecular complexity index is 169. The maximum atomic E-state index is 4.62. The number of rotatable bonds is 0. The normalized spacial score (nSPS) is 17.7. The Hall–Kier alpha value is -0.0000000000000000278. The molecule has 1 aliphatic rings. The fourth-order valence-electron chi connectivity index (χ4n) is 0.173. The van der Waals surface area contributed by atoms with Crippen molar-refractivity contribution < 1.29 is 0 Å². The van der Waals surface area contributed by atoms with Crippen molar-refractivity contribution in [2.24, 2.45) is 8.73 Å². The topological polar surface area (TPSA) is 24.7 Å². The number of hydrogen-bond donors (Lipinski definition) is 0. The Labute approximate surface area is 54.8 Å². The van der Waals surface area contributed by atoms with Gasteiger partial charge in [0.25, 0.3) is 0 Å². The fourth-order valence-corrected chi connectivity index (χ4v) is 0.942. The molecule has 0 radical (unpaired) electrons. The number of nitrogens with zero attached hydrogens (tertiary/aromatic N) is 2. The highest BCUT2D eigenvalue weighted by Crippen LogP contribution is 1.93. The molecule has 2 nitrogen and oxygen atoms in total. The van der Waals surface area contributed by atoms with Crippen LogP contribution in [-0.2, 0) is 11.4 Å². The Kier molecular flexibility index (Phi) is 1.36. The van der Waals surface area contributed by atoms with E-state index >= 15 is 0 Å². The zero-order chi connectivity index (χ0) is 5.28. The molecule has 0 N–H and O–H groups in total. The van der Waals surface area contributed by atoms with Gasteiger partial charge in [0, 0.05) is 0 Å². The molecule has 1 heterocycles. The molecule has 0 aliphatic carbocycles. The summed E-state index contributed by atoms with van der Waals surface area (Å²) in [7, 11) is 0. The first-order chi connectivity index (χ1) is 3.30. The van der Waals surface area contributed by atoms with Gasteiger partial charge in [0.15, 0.2) is 9.98 Å². The lowest BCUT2D eigenvalue weighted by molar-refractivity contribution is 1.93. The van der Waals surface area contributed by atoms with E-state index in [2.05, 4.69) is 33.2 Å². The van der Waals surface area contributed by atoms with Crippen LogP contribution in [-0.4, -0.2) is 9.98 Å². The molecule has 1 aliphatic heterocycles. The SMILES string of the molecule is S=C1N=S=NC1=S. The molecule has 0 fully saturated rings. The lowest BCUT2D eigenvalue weighted by atomic mass is 10.7. The Balaban J connectivity index is 3.00. The molecule has 0 spiro atoms. The van der Waals surface area contributed by atoms with E-state index in [0.717, 1.165) is 11.4 Å². The minimum absolute atomic E-state index is 0.444. The summed E-state index contributed by atoms with van der Waals surface area (Å²) in [6, 6.07) is 0. The van der Waals surface area contributed by atoms with Crippen LogP contribution in [0.25, 0.3) is 0 Å². The zero-order valence-electron chi connectivity index (χ0n) is 3.12. The van der Waals surface area contributed by atoms with E-state index in [0.29, 0.717) is 9.98 Å². The lowest BCUT2D eigenvalue weighted by Gasteiger charge is -1.75. The van der Waals surface area contributed by atoms with Gasteiger partial charge in [0.2, 0.25) is 0 Å². The Morgan fingerprint density at radius 3 is 1.71 bits per heavy atom. The maximum absolute atomic E-state index is 4.62. The molecule has 0 unspecified atom stereocenters. The van der Waals surface area contributed by atoms with Gasteiger partial charge in [0.05, 0.1) is 11.4 Å². The first-order valence-electron chi connectivity index (χ1n) is 1.47. The van der Waals surface area contributed by atoms with Crippen LogP contribution in [0.15, 0.2) is 8.73 Å². The summed E-state index contributed by atoms with van der Waals surface area (Å²) in [4.78, 5) is 0.889. The fraction of sp³-hybridized carbons (Fsp3) is 0. The van der Waals surface area contributed by atoms with Crippen molar-refractivity contribution in [2.75, 3.05) is 0 Å². The summed E-state index contributed by atoms with van der Waals surface area (Å²) in [6.07, 6.45) is 0. The molecular formula is C2N2S3. The third-order valence-corrected chi connectivity index (χ3v) is 1.89. The predicted molar refractivity (Wildman–Crippen MR) is 37.4 cm³/mol. The average molecular weight is 148 g/mol. The first-order valence-corrected chi connectivity index (χ1v) is 3.02. The summed E-state index contributed by atoms with van der Waals surface area (Å²) < 4.78 is 7.31. The highest BCUT2D eigenvalue weighted by Gasteiger charge is 2.02. The quantitative estimate of drug-likeness (QED) is 0.481. The Morgan fingerprint density at radius 1 is 1.14 bits per heavy atom. The predicted octanol–water partition coefficient (Wildman–Crippen LogP) is 1.10. The monoisotopic (exact) mass is 148 g/mol. The van der Waals surface area contributed by atoms with E-state index < -0.39 is 0 Å². The average Bonchev–Trinajstić information content (AvgIpc) is 1.91. The third kappa shape index (κ3) is 0.960. The summed E-state index contributed by atoms with van der Waals surface area (Å²) in [5, 5.41) is 0. The standard InChI is InChI=1S/C2N2S3/c5-1-2(6)4-7-3-1. The minimum Gasteiger partial charge on any atom is -0.160 e. The van der Waals surface area contributed by atoms with Crippen molar-refractivity contribution in [1.29, 1.82) is 0 Å². The summed E-state index contributed by atoms with van der Waals surface area (Å²) in [5.41, 5.74) is 0. The molecule has 0 aromatic carbocycles. The summed E-state index contributed by atoms with van der Waals surface area (Å²) >= 11 is 10.3. The largest absolute Gasteiger partial charge is 0.178 e. The molecule has 36 valence electrons. The van der Waals surface area contributed by atoms with Crippen molar-refractivity contribution in [3.63, 3.8) is 0 Å². The van der Waals surface area contributed by atoms with Crippen molar-refractivity contribution >= 4 is 45.8 Å². The highest BCUT2D eigenvalue weighted by atomic mass is 32.1. The van der Waals surface area contributed by atoms with Crippen LogP contribution in [0.5, 0.6) is 0 Å². The third-order valence-electron chi connectivity index (χ3n) is 0.430. The van der Waals surface area contributed by atoms with E-state index in [9.17, 15) is 0 Å². The van der Waals surface area contributed by atoms with E-state index in [4.69, 9.17) is 0 Å². The second kappa shape index (κ2) is 1.85. The van der Waals surface area contributed by atoms with Crippen molar-refractivity contribution in [2.45, 2.75) is 0 Å². The van der Waals surface area contributed by atoms with Crippen LogP contribution >= 0.6 is 24.4 Å². The van der Waals surface area contributed by atoms with E-state index in [1.165, 1.54) is 0 Å². The molecule has 0 amide bonds. The van der Waals surface area contributed by atoms with E-state index in [1.54, 1.807) is 0 Å². The van der Waals surface area contributed by atoms with Gasteiger partial charge in [-0.05, 0) is 0 Å². The summed E-state index contributed by atoms with van der Waals surface area (Å²) in [5.74, 6) is 0.